The predicted octanol–water partition coefficient (Wildman–Crippen LogP) is 6.77. The minimum absolute atomic E-state index is 0.150. The predicted molar refractivity (Wildman–Crippen MR) is 158 cm³/mol. The molecule has 7 heteroatoms. The number of imide groups is 1. The third-order valence-electron chi connectivity index (χ3n) is 8.41. The Morgan fingerprint density at radius 2 is 1.44 bits per heavy atom. The molecule has 1 heterocycles. The van der Waals surface area contributed by atoms with Crippen LogP contribution in [0.1, 0.15) is 66.0 Å². The molecule has 2 aromatic carbocycles. The van der Waals surface area contributed by atoms with Crippen LogP contribution in [0.2, 0.25) is 16.6 Å². The second-order valence-corrected chi connectivity index (χ2v) is 17.3. The summed E-state index contributed by atoms with van der Waals surface area (Å²) in [7, 11) is -2.31. The quantitative estimate of drug-likeness (QED) is 0.277. The van der Waals surface area contributed by atoms with Crippen molar-refractivity contribution in [3.63, 3.8) is 0 Å². The van der Waals surface area contributed by atoms with Gasteiger partial charge in [0.2, 0.25) is 14.2 Å². The summed E-state index contributed by atoms with van der Waals surface area (Å²) in [6.45, 7) is 15.3. The third-order valence-corrected chi connectivity index (χ3v) is 14.6. The molecule has 0 radical (unpaired) electrons. The molecule has 2 aromatic rings. The summed E-state index contributed by atoms with van der Waals surface area (Å²) in [5.41, 5.74) is 3.13. The molecule has 0 spiro atoms. The van der Waals surface area contributed by atoms with Gasteiger partial charge >= 0.3 is 6.09 Å². The van der Waals surface area contributed by atoms with Gasteiger partial charge < -0.3 is 14.3 Å². The lowest BCUT2D eigenvalue weighted by Gasteiger charge is -2.45. The Morgan fingerprint density at radius 1 is 0.923 bits per heavy atom. The monoisotopic (exact) mass is 553 g/mol. The van der Waals surface area contributed by atoms with E-state index in [1.807, 2.05) is 67.6 Å². The smallest absolute Gasteiger partial charge is 0.416 e. The Balaban J connectivity index is 1.89. The van der Waals surface area contributed by atoms with E-state index in [9.17, 15) is 14.7 Å². The van der Waals surface area contributed by atoms with Crippen LogP contribution in [0.5, 0.6) is 0 Å². The summed E-state index contributed by atoms with van der Waals surface area (Å²) >= 11 is 0. The number of aliphatic hydroxyl groups excluding tert-OH is 1. The first kappa shape index (κ1) is 31.0. The number of hydrogen-bond acceptors (Lipinski definition) is 5. The molecule has 1 N–H and O–H groups in total. The van der Waals surface area contributed by atoms with Crippen LogP contribution in [-0.2, 0) is 26.8 Å². The number of aryl methyl sites for hydroxylation is 1. The molecule has 3 rings (SSSR count). The first-order valence-electron chi connectivity index (χ1n) is 14.4. The second-order valence-electron chi connectivity index (χ2n) is 11.9. The van der Waals surface area contributed by atoms with Gasteiger partial charge in [-0.05, 0) is 53.9 Å². The fourth-order valence-electron chi connectivity index (χ4n) is 6.48. The lowest BCUT2D eigenvalue weighted by molar-refractivity contribution is -0.140. The molecule has 214 valence electrons. The van der Waals surface area contributed by atoms with Crippen LogP contribution in [0, 0.1) is 5.92 Å². The molecule has 0 saturated carbocycles. The Hall–Kier alpha value is -2.48. The largest absolute Gasteiger partial charge is 0.447 e. The van der Waals surface area contributed by atoms with Crippen molar-refractivity contribution in [2.24, 2.45) is 5.92 Å². The van der Waals surface area contributed by atoms with E-state index in [0.29, 0.717) is 35.9 Å². The van der Waals surface area contributed by atoms with Crippen LogP contribution in [0.25, 0.3) is 0 Å². The Labute approximate surface area is 235 Å². The molecular formula is C32H47NO5Si. The zero-order valence-electron chi connectivity index (χ0n) is 24.7. The number of carbonyl (C=O) groups excluding carboxylic acids is 2. The van der Waals surface area contributed by atoms with E-state index in [1.165, 1.54) is 4.90 Å². The molecule has 0 aliphatic carbocycles. The minimum Gasteiger partial charge on any atom is -0.447 e. The van der Waals surface area contributed by atoms with Crippen molar-refractivity contribution in [3.05, 3.63) is 71.8 Å². The zero-order valence-corrected chi connectivity index (χ0v) is 25.7. The van der Waals surface area contributed by atoms with Crippen molar-refractivity contribution in [2.45, 2.75) is 103 Å². The van der Waals surface area contributed by atoms with Gasteiger partial charge in [-0.25, -0.2) is 9.69 Å². The van der Waals surface area contributed by atoms with Crippen LogP contribution in [0.15, 0.2) is 60.7 Å². The molecule has 1 saturated heterocycles. The lowest BCUT2D eigenvalue weighted by atomic mass is 9.90. The molecule has 4 atom stereocenters. The van der Waals surface area contributed by atoms with E-state index >= 15 is 0 Å². The highest BCUT2D eigenvalue weighted by atomic mass is 28.4. The highest BCUT2D eigenvalue weighted by molar-refractivity contribution is 6.77. The van der Waals surface area contributed by atoms with Crippen LogP contribution >= 0.6 is 0 Å². The molecule has 0 bridgehead atoms. The molecule has 39 heavy (non-hydrogen) atoms. The summed E-state index contributed by atoms with van der Waals surface area (Å²) in [5, 5.41) is 11.8. The van der Waals surface area contributed by atoms with E-state index in [-0.39, 0.29) is 12.5 Å². The van der Waals surface area contributed by atoms with Gasteiger partial charge in [-0.15, -0.1) is 0 Å². The first-order valence-corrected chi connectivity index (χ1v) is 16.6. The number of cyclic esters (lactones) is 1. The second kappa shape index (κ2) is 13.7. The molecule has 2 amide bonds. The van der Waals surface area contributed by atoms with Crippen molar-refractivity contribution < 1.29 is 23.9 Å². The average Bonchev–Trinajstić information content (AvgIpc) is 3.26. The van der Waals surface area contributed by atoms with Crippen LogP contribution in [0.4, 0.5) is 4.79 Å². The van der Waals surface area contributed by atoms with Gasteiger partial charge in [0.25, 0.3) is 0 Å². The van der Waals surface area contributed by atoms with Crippen molar-refractivity contribution >= 4 is 20.3 Å². The number of aliphatic hydroxyl groups is 1. The summed E-state index contributed by atoms with van der Waals surface area (Å²) in [4.78, 5) is 28.2. The van der Waals surface area contributed by atoms with Gasteiger partial charge in [0.15, 0.2) is 0 Å². The van der Waals surface area contributed by atoms with E-state index < -0.39 is 38.6 Å². The van der Waals surface area contributed by atoms with E-state index in [4.69, 9.17) is 9.16 Å². The molecule has 6 nitrogen and oxygen atoms in total. The molecular weight excluding hydrogens is 506 g/mol. The van der Waals surface area contributed by atoms with Gasteiger partial charge in [0.05, 0.1) is 24.2 Å². The maximum atomic E-state index is 14.1. The van der Waals surface area contributed by atoms with Gasteiger partial charge in [0, 0.05) is 0 Å². The number of nitrogens with zero attached hydrogens (tertiary/aromatic N) is 1. The van der Waals surface area contributed by atoms with E-state index in [2.05, 4.69) is 41.5 Å². The SMILES string of the molecule is CC(C)[Si](O[C@@H](C)[C@H](O)[C@@H](CCc1ccccc1)C(=O)N1C(=O)OC[C@H]1Cc1ccccc1)(C(C)C)C(C)C. The van der Waals surface area contributed by atoms with Crippen molar-refractivity contribution in [2.75, 3.05) is 6.61 Å². The number of rotatable bonds is 13. The average molecular weight is 554 g/mol. The molecule has 1 aliphatic rings. The van der Waals surface area contributed by atoms with Crippen LogP contribution in [0.3, 0.4) is 0 Å². The zero-order chi connectivity index (χ0) is 28.7. The van der Waals surface area contributed by atoms with Gasteiger partial charge in [-0.1, -0.05) is 102 Å². The Bertz CT molecular complexity index is 1040. The first-order chi connectivity index (χ1) is 18.5. The number of ether oxygens (including phenoxy) is 1. The molecule has 1 fully saturated rings. The third kappa shape index (κ3) is 7.19. The summed E-state index contributed by atoms with van der Waals surface area (Å²) < 4.78 is 12.2. The van der Waals surface area contributed by atoms with E-state index in [1.54, 1.807) is 0 Å². The summed E-state index contributed by atoms with van der Waals surface area (Å²) in [6.07, 6.45) is -0.736. The minimum atomic E-state index is -2.31. The maximum Gasteiger partial charge on any atom is 0.416 e. The normalized spacial score (nSPS) is 18.5. The lowest BCUT2D eigenvalue weighted by Crippen LogP contribution is -2.54. The van der Waals surface area contributed by atoms with Gasteiger partial charge in [-0.2, -0.15) is 0 Å². The fourth-order valence-corrected chi connectivity index (χ4v) is 12.1. The summed E-state index contributed by atoms with van der Waals surface area (Å²) in [5.74, 6) is -1.19. The van der Waals surface area contributed by atoms with Crippen LogP contribution in [-0.4, -0.2) is 55.2 Å². The number of carbonyl (C=O) groups is 2. The Kier molecular flexibility index (Phi) is 10.9. The standard InChI is InChI=1S/C32H47NO5Si/c1-22(2)39(23(3)4,24(5)6)38-25(7)30(34)29(19-18-26-14-10-8-11-15-26)31(35)33-28(21-37-32(33)36)20-27-16-12-9-13-17-27/h8-17,22-25,28-30,34H,18-21H2,1-7H3/t25-,28+,29+,30-/m0/s1. The topological polar surface area (TPSA) is 76.1 Å². The molecule has 1 aliphatic heterocycles. The van der Waals surface area contributed by atoms with Gasteiger partial charge in [0.1, 0.15) is 6.61 Å². The van der Waals surface area contributed by atoms with Crippen molar-refractivity contribution in [3.8, 4) is 0 Å². The van der Waals surface area contributed by atoms with Crippen LogP contribution < -0.4 is 0 Å². The highest BCUT2D eigenvalue weighted by Crippen LogP contribution is 2.43. The number of benzene rings is 2. The fraction of sp³-hybridized carbons (Fsp3) is 0.562. The van der Waals surface area contributed by atoms with E-state index in [0.717, 1.165) is 11.1 Å². The molecule has 0 aromatic heterocycles. The van der Waals surface area contributed by atoms with Crippen molar-refractivity contribution in [1.82, 2.24) is 4.90 Å². The van der Waals surface area contributed by atoms with Crippen molar-refractivity contribution in [1.29, 1.82) is 0 Å². The molecule has 0 unspecified atom stereocenters. The maximum absolute atomic E-state index is 14.1. The number of amides is 2. The highest BCUT2D eigenvalue weighted by Gasteiger charge is 2.49. The summed E-state index contributed by atoms with van der Waals surface area (Å²) in [6, 6.07) is 19.3. The van der Waals surface area contributed by atoms with Gasteiger partial charge in [-0.3, -0.25) is 4.79 Å². The Morgan fingerprint density at radius 3 is 1.95 bits per heavy atom. The number of hydrogen-bond donors (Lipinski definition) is 1.